The van der Waals surface area contributed by atoms with Crippen molar-refractivity contribution in [3.05, 3.63) is 67.6 Å². The van der Waals surface area contributed by atoms with E-state index in [1.807, 2.05) is 35.2 Å². The summed E-state index contributed by atoms with van der Waals surface area (Å²) in [5.74, 6) is 0.0703. The Balaban J connectivity index is 1.78. The number of H-pyrrole nitrogens is 1. The average Bonchev–Trinajstić information content (AvgIpc) is 3.11. The molecule has 1 amide bonds. The smallest absolute Gasteiger partial charge is 0.266 e. The van der Waals surface area contributed by atoms with Gasteiger partial charge < -0.3 is 9.88 Å². The van der Waals surface area contributed by atoms with Crippen molar-refractivity contribution < 1.29 is 4.79 Å². The molecule has 1 saturated heterocycles. The third-order valence-electron chi connectivity index (χ3n) is 5.35. The number of hydrogen-bond acceptors (Lipinski definition) is 3. The van der Waals surface area contributed by atoms with Crippen LogP contribution in [0.15, 0.2) is 29.1 Å². The number of halogens is 1. The summed E-state index contributed by atoms with van der Waals surface area (Å²) in [5.41, 5.74) is 2.99. The van der Waals surface area contributed by atoms with Gasteiger partial charge in [0.2, 0.25) is 5.91 Å². The predicted molar refractivity (Wildman–Crippen MR) is 105 cm³/mol. The fourth-order valence-corrected chi connectivity index (χ4v) is 4.19. The second kappa shape index (κ2) is 7.98. The summed E-state index contributed by atoms with van der Waals surface area (Å²) in [4.78, 5) is 29.4. The molecular formula is C21H22ClN3O2. The molecule has 2 aromatic rings. The highest BCUT2D eigenvalue weighted by molar-refractivity contribution is 6.31. The Morgan fingerprint density at radius 2 is 2.11 bits per heavy atom. The summed E-state index contributed by atoms with van der Waals surface area (Å²) in [6.45, 7) is 4.29. The highest BCUT2D eigenvalue weighted by Gasteiger charge is 2.31. The van der Waals surface area contributed by atoms with Crippen LogP contribution in [0.1, 0.15) is 53.3 Å². The number of aryl methyl sites for hydroxylation is 1. The Labute approximate surface area is 163 Å². The minimum absolute atomic E-state index is 0.0126. The molecule has 1 atom stereocenters. The second-order valence-corrected chi connectivity index (χ2v) is 7.34. The number of aromatic amines is 1. The van der Waals surface area contributed by atoms with Gasteiger partial charge in [0, 0.05) is 23.7 Å². The summed E-state index contributed by atoms with van der Waals surface area (Å²) in [6, 6.07) is 9.64. The first kappa shape index (κ1) is 19.2. The molecule has 6 heteroatoms. The number of pyridine rings is 1. The van der Waals surface area contributed by atoms with Crippen molar-refractivity contribution >= 4 is 17.5 Å². The SMILES string of the molecule is Cc1[nH]c(=O)c(C#N)c(C)c1CCC(=O)N1CCCC1c1ccccc1Cl. The van der Waals surface area contributed by atoms with Crippen molar-refractivity contribution in [2.45, 2.75) is 45.6 Å². The molecule has 1 aliphatic heterocycles. The molecule has 27 heavy (non-hydrogen) atoms. The van der Waals surface area contributed by atoms with Gasteiger partial charge in [0.15, 0.2) is 0 Å². The third kappa shape index (κ3) is 3.77. The first-order valence-corrected chi connectivity index (χ1v) is 9.48. The first-order chi connectivity index (χ1) is 12.9. The van der Waals surface area contributed by atoms with Gasteiger partial charge in [0.25, 0.3) is 5.56 Å². The molecule has 0 spiro atoms. The number of hydrogen-bond donors (Lipinski definition) is 1. The number of rotatable bonds is 4. The highest BCUT2D eigenvalue weighted by Crippen LogP contribution is 2.36. The van der Waals surface area contributed by atoms with E-state index in [1.54, 1.807) is 13.8 Å². The zero-order chi connectivity index (χ0) is 19.6. The van der Waals surface area contributed by atoms with Crippen molar-refractivity contribution in [2.24, 2.45) is 0 Å². The maximum atomic E-state index is 12.9. The van der Waals surface area contributed by atoms with Gasteiger partial charge in [-0.1, -0.05) is 29.8 Å². The number of aromatic nitrogens is 1. The molecule has 0 bridgehead atoms. The monoisotopic (exact) mass is 383 g/mol. The Kier molecular flexibility index (Phi) is 5.67. The largest absolute Gasteiger partial charge is 0.336 e. The van der Waals surface area contributed by atoms with Crippen LogP contribution in [0.4, 0.5) is 0 Å². The van der Waals surface area contributed by atoms with Crippen molar-refractivity contribution in [3.8, 4) is 6.07 Å². The number of benzene rings is 1. The van der Waals surface area contributed by atoms with E-state index < -0.39 is 0 Å². The molecule has 0 radical (unpaired) electrons. The van der Waals surface area contributed by atoms with Gasteiger partial charge in [0.1, 0.15) is 11.6 Å². The molecule has 1 unspecified atom stereocenters. The number of carbonyl (C=O) groups excluding carboxylic acids is 1. The fraction of sp³-hybridized carbons (Fsp3) is 0.381. The zero-order valence-electron chi connectivity index (χ0n) is 15.5. The lowest BCUT2D eigenvalue weighted by molar-refractivity contribution is -0.132. The Bertz CT molecular complexity index is 974. The van der Waals surface area contributed by atoms with Crippen LogP contribution >= 0.6 is 11.6 Å². The van der Waals surface area contributed by atoms with Gasteiger partial charge in [-0.05, 0) is 55.9 Å². The molecule has 1 fully saturated rings. The summed E-state index contributed by atoms with van der Waals surface area (Å²) in [7, 11) is 0. The van der Waals surface area contributed by atoms with E-state index >= 15 is 0 Å². The summed E-state index contributed by atoms with van der Waals surface area (Å²) >= 11 is 6.33. The van der Waals surface area contributed by atoms with Gasteiger partial charge in [0.05, 0.1) is 6.04 Å². The first-order valence-electron chi connectivity index (χ1n) is 9.10. The number of nitrogens with one attached hydrogen (secondary N) is 1. The molecule has 0 saturated carbocycles. The highest BCUT2D eigenvalue weighted by atomic mass is 35.5. The van der Waals surface area contributed by atoms with Crippen LogP contribution in [0.25, 0.3) is 0 Å². The van der Waals surface area contributed by atoms with E-state index in [9.17, 15) is 14.9 Å². The van der Waals surface area contributed by atoms with Crippen LogP contribution in [0.2, 0.25) is 5.02 Å². The van der Waals surface area contributed by atoms with E-state index in [0.29, 0.717) is 29.1 Å². The molecule has 2 heterocycles. The van der Waals surface area contributed by atoms with Crippen molar-refractivity contribution in [1.29, 1.82) is 5.26 Å². The lowest BCUT2D eigenvalue weighted by Crippen LogP contribution is -2.31. The molecule has 3 rings (SSSR count). The minimum atomic E-state index is -0.374. The Morgan fingerprint density at radius 3 is 2.81 bits per heavy atom. The van der Waals surface area contributed by atoms with Gasteiger partial charge >= 0.3 is 0 Å². The maximum absolute atomic E-state index is 12.9. The van der Waals surface area contributed by atoms with Gasteiger partial charge in [-0.25, -0.2) is 0 Å². The van der Waals surface area contributed by atoms with Crippen molar-refractivity contribution in [2.75, 3.05) is 6.54 Å². The topological polar surface area (TPSA) is 77.0 Å². The molecule has 140 valence electrons. The number of amides is 1. The van der Waals surface area contributed by atoms with Crippen LogP contribution in [0, 0.1) is 25.2 Å². The number of carbonyl (C=O) groups is 1. The Hall–Kier alpha value is -2.58. The summed E-state index contributed by atoms with van der Waals surface area (Å²) < 4.78 is 0. The van der Waals surface area contributed by atoms with E-state index in [2.05, 4.69) is 4.98 Å². The molecule has 0 aliphatic carbocycles. The summed E-state index contributed by atoms with van der Waals surface area (Å²) in [5, 5.41) is 9.88. The van der Waals surface area contributed by atoms with Gasteiger partial charge in [-0.3, -0.25) is 9.59 Å². The van der Waals surface area contributed by atoms with Crippen LogP contribution in [0.3, 0.4) is 0 Å². The van der Waals surface area contributed by atoms with Crippen LogP contribution in [-0.4, -0.2) is 22.3 Å². The number of nitrogens with zero attached hydrogens (tertiary/aromatic N) is 2. The third-order valence-corrected chi connectivity index (χ3v) is 5.69. The van der Waals surface area contributed by atoms with Gasteiger partial charge in [-0.15, -0.1) is 0 Å². The minimum Gasteiger partial charge on any atom is -0.336 e. The number of likely N-dealkylation sites (tertiary alicyclic amines) is 1. The van der Waals surface area contributed by atoms with E-state index in [4.69, 9.17) is 11.6 Å². The lowest BCUT2D eigenvalue weighted by atomic mass is 9.98. The van der Waals surface area contributed by atoms with Crippen molar-refractivity contribution in [1.82, 2.24) is 9.88 Å². The van der Waals surface area contributed by atoms with E-state index in [-0.39, 0.29) is 23.1 Å². The fourth-order valence-electron chi connectivity index (χ4n) is 3.93. The zero-order valence-corrected chi connectivity index (χ0v) is 16.3. The maximum Gasteiger partial charge on any atom is 0.266 e. The molecule has 1 aromatic heterocycles. The number of nitriles is 1. The molecule has 1 N–H and O–H groups in total. The van der Waals surface area contributed by atoms with E-state index in [1.165, 1.54) is 0 Å². The van der Waals surface area contributed by atoms with Gasteiger partial charge in [-0.2, -0.15) is 5.26 Å². The molecular weight excluding hydrogens is 362 g/mol. The Morgan fingerprint density at radius 1 is 1.37 bits per heavy atom. The second-order valence-electron chi connectivity index (χ2n) is 6.94. The quantitative estimate of drug-likeness (QED) is 0.871. The average molecular weight is 384 g/mol. The van der Waals surface area contributed by atoms with Crippen LogP contribution in [0.5, 0.6) is 0 Å². The molecule has 1 aromatic carbocycles. The molecule has 1 aliphatic rings. The lowest BCUT2D eigenvalue weighted by Gasteiger charge is -2.26. The van der Waals surface area contributed by atoms with Crippen LogP contribution < -0.4 is 5.56 Å². The summed E-state index contributed by atoms with van der Waals surface area (Å²) in [6.07, 6.45) is 2.69. The van der Waals surface area contributed by atoms with Crippen LogP contribution in [-0.2, 0) is 11.2 Å². The predicted octanol–water partition coefficient (Wildman–Crippen LogP) is 3.81. The van der Waals surface area contributed by atoms with Crippen molar-refractivity contribution in [3.63, 3.8) is 0 Å². The van der Waals surface area contributed by atoms with E-state index in [0.717, 1.165) is 30.5 Å². The standard InChI is InChI=1S/C21H22ClN3O2/c1-13-15(14(2)24-21(27)17(13)12-23)9-10-20(26)25-11-5-8-19(25)16-6-3-4-7-18(16)22/h3-4,6-7,19H,5,8-11H2,1-2H3,(H,24,27). The molecule has 5 nitrogen and oxygen atoms in total. The normalized spacial score (nSPS) is 16.4.